The molecule has 3 aromatic rings. The van der Waals surface area contributed by atoms with Crippen molar-refractivity contribution in [1.82, 2.24) is 0 Å². The molecule has 37 heavy (non-hydrogen) atoms. The highest BCUT2D eigenvalue weighted by Gasteiger charge is 2.36. The number of carbonyl (C=O) groups excluding carboxylic acids is 4. The lowest BCUT2D eigenvalue weighted by Gasteiger charge is -2.16. The number of unbranched alkanes of at least 4 members (excludes halogenated alkanes) is 1. The van der Waals surface area contributed by atoms with Crippen LogP contribution in [0.5, 0.6) is 0 Å². The fourth-order valence-electron chi connectivity index (χ4n) is 4.76. The van der Waals surface area contributed by atoms with Crippen LogP contribution in [0.25, 0.3) is 23.3 Å². The molecule has 2 aliphatic heterocycles. The highest BCUT2D eigenvalue weighted by atomic mass is 16.3. The van der Waals surface area contributed by atoms with E-state index in [-0.39, 0.29) is 24.1 Å². The van der Waals surface area contributed by atoms with Crippen molar-refractivity contribution in [2.24, 2.45) is 0 Å². The molecule has 0 bridgehead atoms. The Bertz CT molecular complexity index is 1460. The molecule has 1 aromatic heterocycles. The number of benzene rings is 2. The second-order valence-corrected chi connectivity index (χ2v) is 8.94. The van der Waals surface area contributed by atoms with Gasteiger partial charge in [-0.3, -0.25) is 14.4 Å². The largest absolute Gasteiger partial charge is 0.457 e. The topological polar surface area (TPSA) is 87.9 Å². The van der Waals surface area contributed by atoms with Crippen molar-refractivity contribution in [1.29, 1.82) is 0 Å². The smallest absolute Gasteiger partial charge is 0.265 e. The van der Waals surface area contributed by atoms with Crippen molar-refractivity contribution in [3.63, 3.8) is 0 Å². The molecule has 186 valence electrons. The maximum atomic E-state index is 13.2. The van der Waals surface area contributed by atoms with Gasteiger partial charge in [0.25, 0.3) is 11.8 Å². The van der Waals surface area contributed by atoms with E-state index in [0.717, 1.165) is 17.5 Å². The van der Waals surface area contributed by atoms with Gasteiger partial charge in [0.2, 0.25) is 5.91 Å². The average molecular weight is 495 g/mol. The maximum absolute atomic E-state index is 13.2. The van der Waals surface area contributed by atoms with Gasteiger partial charge in [0, 0.05) is 30.5 Å². The first-order chi connectivity index (χ1) is 18.0. The lowest BCUT2D eigenvalue weighted by Crippen LogP contribution is -2.33. The molecule has 2 aliphatic rings. The summed E-state index contributed by atoms with van der Waals surface area (Å²) in [4.78, 5) is 52.7. The van der Waals surface area contributed by atoms with Gasteiger partial charge in [-0.2, -0.15) is 0 Å². The highest BCUT2D eigenvalue weighted by molar-refractivity contribution is 6.42. The Balaban J connectivity index is 1.45. The third-order valence-corrected chi connectivity index (χ3v) is 6.47. The van der Waals surface area contributed by atoms with Crippen LogP contribution in [0, 0.1) is 0 Å². The monoisotopic (exact) mass is 494 g/mol. The third-order valence-electron chi connectivity index (χ3n) is 6.47. The molecule has 7 nitrogen and oxygen atoms in total. The Morgan fingerprint density at radius 1 is 0.838 bits per heavy atom. The molecule has 0 N–H and O–H groups in total. The number of furan rings is 1. The summed E-state index contributed by atoms with van der Waals surface area (Å²) in [6, 6.07) is 18.2. The molecule has 0 unspecified atom stereocenters. The van der Waals surface area contributed by atoms with Crippen LogP contribution >= 0.6 is 0 Å². The lowest BCUT2D eigenvalue weighted by molar-refractivity contribution is -0.123. The maximum Gasteiger partial charge on any atom is 0.265 e. The summed E-state index contributed by atoms with van der Waals surface area (Å²) in [5.41, 5.74) is 3.77. The van der Waals surface area contributed by atoms with Gasteiger partial charge in [0.15, 0.2) is 0 Å². The number of para-hydroxylation sites is 2. The number of rotatable bonds is 8. The minimum Gasteiger partial charge on any atom is -0.457 e. The first kappa shape index (κ1) is 24.2. The molecule has 0 radical (unpaired) electrons. The summed E-state index contributed by atoms with van der Waals surface area (Å²) in [7, 11) is 0. The van der Waals surface area contributed by atoms with Crippen LogP contribution in [-0.2, 0) is 19.2 Å². The van der Waals surface area contributed by atoms with Crippen LogP contribution < -0.4 is 9.80 Å². The van der Waals surface area contributed by atoms with Crippen molar-refractivity contribution < 1.29 is 23.6 Å². The van der Waals surface area contributed by atoms with E-state index in [1.54, 1.807) is 41.3 Å². The molecule has 0 atom stereocenters. The van der Waals surface area contributed by atoms with Gasteiger partial charge in [0.05, 0.1) is 22.5 Å². The van der Waals surface area contributed by atoms with E-state index in [9.17, 15) is 19.2 Å². The van der Waals surface area contributed by atoms with Gasteiger partial charge in [-0.05, 0) is 49.3 Å². The van der Waals surface area contributed by atoms with E-state index in [1.807, 2.05) is 43.3 Å². The zero-order valence-corrected chi connectivity index (χ0v) is 20.5. The first-order valence-corrected chi connectivity index (χ1v) is 12.4. The second-order valence-electron chi connectivity index (χ2n) is 8.94. The summed E-state index contributed by atoms with van der Waals surface area (Å²) in [6.45, 7) is 2.36. The molecule has 0 aliphatic carbocycles. The number of imide groups is 1. The van der Waals surface area contributed by atoms with Crippen molar-refractivity contribution in [2.75, 3.05) is 16.3 Å². The number of hydrogen-bond acceptors (Lipinski definition) is 5. The van der Waals surface area contributed by atoms with Gasteiger partial charge in [-0.1, -0.05) is 43.3 Å². The van der Waals surface area contributed by atoms with Crippen molar-refractivity contribution in [3.05, 3.63) is 83.3 Å². The molecule has 0 saturated carbocycles. The number of amides is 3. The Hall–Kier alpha value is -4.52. The Morgan fingerprint density at radius 3 is 2.08 bits per heavy atom. The summed E-state index contributed by atoms with van der Waals surface area (Å²) < 4.78 is 5.99. The number of hydrogen-bond donors (Lipinski definition) is 0. The first-order valence-electron chi connectivity index (χ1n) is 12.4. The van der Waals surface area contributed by atoms with Gasteiger partial charge in [-0.25, -0.2) is 4.90 Å². The van der Waals surface area contributed by atoms with E-state index in [0.29, 0.717) is 59.7 Å². The van der Waals surface area contributed by atoms with Gasteiger partial charge in [-0.15, -0.1) is 0 Å². The Morgan fingerprint density at radius 2 is 1.43 bits per heavy atom. The van der Waals surface area contributed by atoms with E-state index in [4.69, 9.17) is 4.42 Å². The quantitative estimate of drug-likeness (QED) is 0.239. The summed E-state index contributed by atoms with van der Waals surface area (Å²) in [5.74, 6) is 0.160. The van der Waals surface area contributed by atoms with Crippen molar-refractivity contribution in [3.8, 4) is 0 Å². The van der Waals surface area contributed by atoms with Gasteiger partial charge < -0.3 is 14.1 Å². The molecular weight excluding hydrogens is 468 g/mol. The number of aldehydes is 1. The van der Waals surface area contributed by atoms with Gasteiger partial charge in [0.1, 0.15) is 17.8 Å². The van der Waals surface area contributed by atoms with Crippen LogP contribution in [0.1, 0.15) is 55.3 Å². The number of nitrogens with zero attached hydrogens (tertiary/aromatic N) is 2. The fourth-order valence-corrected chi connectivity index (χ4v) is 4.76. The van der Waals surface area contributed by atoms with E-state index in [2.05, 4.69) is 0 Å². The predicted octanol–water partition coefficient (Wildman–Crippen LogP) is 5.36. The van der Waals surface area contributed by atoms with Crippen LogP contribution in [0.2, 0.25) is 0 Å². The van der Waals surface area contributed by atoms with Crippen LogP contribution in [0.15, 0.2) is 65.1 Å². The summed E-state index contributed by atoms with van der Waals surface area (Å²) in [6.07, 6.45) is 6.11. The lowest BCUT2D eigenvalue weighted by atomic mass is 10.1. The van der Waals surface area contributed by atoms with Crippen molar-refractivity contribution >= 4 is 58.7 Å². The normalized spacial score (nSPS) is 16.6. The summed E-state index contributed by atoms with van der Waals surface area (Å²) in [5, 5.41) is 0. The molecule has 2 aromatic carbocycles. The van der Waals surface area contributed by atoms with E-state index >= 15 is 0 Å². The number of anilines is 2. The third kappa shape index (κ3) is 4.44. The minimum atomic E-state index is -0.373. The molecule has 3 heterocycles. The van der Waals surface area contributed by atoms with E-state index in [1.165, 1.54) is 4.90 Å². The molecule has 0 saturated heterocycles. The van der Waals surface area contributed by atoms with Crippen LogP contribution in [0.4, 0.5) is 11.4 Å². The highest BCUT2D eigenvalue weighted by Crippen LogP contribution is 2.40. The average Bonchev–Trinajstić information content (AvgIpc) is 3.54. The standard InChI is InChI=1S/C30H26N2O5/c1-2-9-28(34)32-27-13-6-4-11-23(27)25(30(32)36)19-21-15-14-20(37-21)18-24-22-10-3-5-12-26(22)31(29(24)35)16-7-8-17-33/h3-6,10-15,17-19H,2,7-9,16H2,1H3/b24-18+,25-19+. The number of fused-ring (bicyclic) bond motifs is 2. The van der Waals surface area contributed by atoms with E-state index < -0.39 is 0 Å². The Kier molecular flexibility index (Phi) is 6.68. The van der Waals surface area contributed by atoms with Crippen molar-refractivity contribution in [2.45, 2.75) is 32.6 Å². The fraction of sp³-hybridized carbons (Fsp3) is 0.200. The molecular formula is C30H26N2O5. The molecule has 7 heteroatoms. The molecule has 0 fully saturated rings. The Labute approximate surface area is 214 Å². The zero-order valence-electron chi connectivity index (χ0n) is 20.5. The number of carbonyl (C=O) groups is 4. The molecule has 5 rings (SSSR count). The second kappa shape index (κ2) is 10.2. The minimum absolute atomic E-state index is 0.145. The summed E-state index contributed by atoms with van der Waals surface area (Å²) >= 11 is 0. The van der Waals surface area contributed by atoms with Gasteiger partial charge >= 0.3 is 0 Å². The molecule has 0 spiro atoms. The van der Waals surface area contributed by atoms with Crippen LogP contribution in [-0.4, -0.2) is 30.6 Å². The zero-order chi connectivity index (χ0) is 25.9. The van der Waals surface area contributed by atoms with Crippen LogP contribution in [0.3, 0.4) is 0 Å². The SMILES string of the molecule is CCCC(=O)N1C(=O)/C(=C/c2ccc(/C=C3/C(=O)N(CCCC=O)c4ccccc43)o2)c2ccccc21. The predicted molar refractivity (Wildman–Crippen MR) is 142 cm³/mol. The molecule has 3 amide bonds.